The van der Waals surface area contributed by atoms with Crippen LogP contribution in [0.5, 0.6) is 0 Å². The number of benzene rings is 1. The van der Waals surface area contributed by atoms with Crippen LogP contribution in [0.2, 0.25) is 0 Å². The summed E-state index contributed by atoms with van der Waals surface area (Å²) in [5, 5.41) is 10.1. The number of nitrogens with one attached hydrogen (secondary N) is 2. The van der Waals surface area contributed by atoms with Crippen LogP contribution in [0.1, 0.15) is 10.6 Å². The van der Waals surface area contributed by atoms with E-state index in [1.165, 1.54) is 30.5 Å². The lowest BCUT2D eigenvalue weighted by Crippen LogP contribution is -2.33. The van der Waals surface area contributed by atoms with Crippen LogP contribution in [0.3, 0.4) is 0 Å². The van der Waals surface area contributed by atoms with Gasteiger partial charge in [-0.2, -0.15) is 0 Å². The van der Waals surface area contributed by atoms with E-state index in [1.807, 2.05) is 0 Å². The van der Waals surface area contributed by atoms with Gasteiger partial charge in [0.05, 0.1) is 11.2 Å². The largest absolute Gasteiger partial charge is 0.459 e. The molecule has 0 fully saturated rings. The molecule has 1 heterocycles. The highest BCUT2D eigenvalue weighted by Crippen LogP contribution is 2.14. The number of carbonyl (C=O) groups is 1. The molecular weight excluding hydrogens is 314 g/mol. The first-order chi connectivity index (χ1) is 9.86. The number of hydrogen-bond acceptors (Lipinski definition) is 5. The third-order valence-corrected chi connectivity index (χ3v) is 3.51. The molecule has 110 valence electrons. The Labute approximate surface area is 126 Å². The summed E-state index contributed by atoms with van der Waals surface area (Å²) in [6.07, 6.45) is 1.36. The number of thiocarbonyl (C=S) groups is 1. The molecule has 0 bridgehead atoms. The van der Waals surface area contributed by atoms with Crippen molar-refractivity contribution in [1.82, 2.24) is 5.32 Å². The number of carbonyl (C=O) groups excluding carboxylic acids is 1. The standard InChI is InChI=1S/C12H11N3O4S2/c13-21(17,18)9-4-1-3-8(7-9)14-12(20)15-11(16)10-5-2-6-19-10/h1-7H,(H2,13,17,18)(H2,14,15,16,20). The SMILES string of the molecule is NS(=O)(=O)c1cccc(NC(=S)NC(=O)c2ccco2)c1. The van der Waals surface area contributed by atoms with Gasteiger partial charge < -0.3 is 9.73 Å². The maximum absolute atomic E-state index is 11.7. The lowest BCUT2D eigenvalue weighted by molar-refractivity contribution is 0.0950. The fourth-order valence-electron chi connectivity index (χ4n) is 1.49. The fourth-order valence-corrected chi connectivity index (χ4v) is 2.26. The molecule has 0 aliphatic rings. The zero-order chi connectivity index (χ0) is 15.5. The molecule has 1 aromatic carbocycles. The third kappa shape index (κ3) is 4.12. The molecule has 0 atom stereocenters. The average molecular weight is 325 g/mol. The van der Waals surface area contributed by atoms with E-state index in [0.717, 1.165) is 0 Å². The molecule has 2 rings (SSSR count). The summed E-state index contributed by atoms with van der Waals surface area (Å²) >= 11 is 4.96. The fraction of sp³-hybridized carbons (Fsp3) is 0. The second kappa shape index (κ2) is 6.04. The Bertz CT molecular complexity index is 770. The molecule has 0 saturated heterocycles. The molecule has 7 nitrogen and oxygen atoms in total. The summed E-state index contributed by atoms with van der Waals surface area (Å²) in [4.78, 5) is 11.6. The Hall–Kier alpha value is -2.23. The number of sulfonamides is 1. The second-order valence-electron chi connectivity index (χ2n) is 3.96. The van der Waals surface area contributed by atoms with Crippen LogP contribution >= 0.6 is 12.2 Å². The van der Waals surface area contributed by atoms with Crippen LogP contribution in [-0.4, -0.2) is 19.4 Å². The number of anilines is 1. The molecule has 1 amide bonds. The predicted molar refractivity (Wildman–Crippen MR) is 80.2 cm³/mol. The van der Waals surface area contributed by atoms with Crippen molar-refractivity contribution in [3.05, 3.63) is 48.4 Å². The molecule has 4 N–H and O–H groups in total. The summed E-state index contributed by atoms with van der Waals surface area (Å²) in [5.74, 6) is -0.405. The number of hydrogen-bond donors (Lipinski definition) is 3. The van der Waals surface area contributed by atoms with Crippen LogP contribution in [0.15, 0.2) is 52.0 Å². The van der Waals surface area contributed by atoms with E-state index in [1.54, 1.807) is 12.1 Å². The number of furan rings is 1. The van der Waals surface area contributed by atoms with Gasteiger partial charge in [-0.15, -0.1) is 0 Å². The maximum atomic E-state index is 11.7. The monoisotopic (exact) mass is 325 g/mol. The Morgan fingerprint density at radius 3 is 2.62 bits per heavy atom. The molecule has 0 saturated carbocycles. The zero-order valence-electron chi connectivity index (χ0n) is 10.6. The summed E-state index contributed by atoms with van der Waals surface area (Å²) in [5.41, 5.74) is 0.381. The number of primary sulfonamides is 1. The first-order valence-electron chi connectivity index (χ1n) is 5.65. The first-order valence-corrected chi connectivity index (χ1v) is 7.60. The smallest absolute Gasteiger partial charge is 0.293 e. The minimum absolute atomic E-state index is 0.00275. The molecule has 0 radical (unpaired) electrons. The van der Waals surface area contributed by atoms with Gasteiger partial charge in [-0.05, 0) is 42.5 Å². The number of amides is 1. The maximum Gasteiger partial charge on any atom is 0.293 e. The Morgan fingerprint density at radius 2 is 2.00 bits per heavy atom. The zero-order valence-corrected chi connectivity index (χ0v) is 12.2. The Balaban J connectivity index is 2.05. The van der Waals surface area contributed by atoms with Crippen LogP contribution in [-0.2, 0) is 10.0 Å². The van der Waals surface area contributed by atoms with E-state index in [2.05, 4.69) is 10.6 Å². The van der Waals surface area contributed by atoms with Gasteiger partial charge >= 0.3 is 0 Å². The average Bonchev–Trinajstić information content (AvgIpc) is 2.91. The van der Waals surface area contributed by atoms with Crippen molar-refractivity contribution < 1.29 is 17.6 Å². The van der Waals surface area contributed by atoms with Crippen molar-refractivity contribution >= 4 is 38.9 Å². The molecule has 0 unspecified atom stereocenters. The predicted octanol–water partition coefficient (Wildman–Crippen LogP) is 1.05. The summed E-state index contributed by atoms with van der Waals surface area (Å²) < 4.78 is 27.4. The van der Waals surface area contributed by atoms with Gasteiger partial charge in [0.15, 0.2) is 10.9 Å². The van der Waals surface area contributed by atoms with E-state index < -0.39 is 15.9 Å². The summed E-state index contributed by atoms with van der Waals surface area (Å²) in [6.45, 7) is 0. The topological polar surface area (TPSA) is 114 Å². The summed E-state index contributed by atoms with van der Waals surface area (Å²) in [6, 6.07) is 8.80. The molecule has 2 aromatic rings. The van der Waals surface area contributed by atoms with E-state index in [9.17, 15) is 13.2 Å². The minimum atomic E-state index is -3.81. The van der Waals surface area contributed by atoms with Crippen LogP contribution in [0, 0.1) is 0 Å². The Kier molecular flexibility index (Phi) is 4.36. The van der Waals surface area contributed by atoms with Gasteiger partial charge in [0, 0.05) is 5.69 Å². The third-order valence-electron chi connectivity index (χ3n) is 2.39. The van der Waals surface area contributed by atoms with Crippen LogP contribution < -0.4 is 15.8 Å². The highest BCUT2D eigenvalue weighted by molar-refractivity contribution is 7.89. The molecule has 0 aliphatic heterocycles. The minimum Gasteiger partial charge on any atom is -0.459 e. The lowest BCUT2D eigenvalue weighted by atomic mass is 10.3. The Morgan fingerprint density at radius 1 is 1.24 bits per heavy atom. The second-order valence-corrected chi connectivity index (χ2v) is 5.93. The van der Waals surface area contributed by atoms with E-state index in [0.29, 0.717) is 5.69 Å². The van der Waals surface area contributed by atoms with Gasteiger partial charge in [-0.25, -0.2) is 13.6 Å². The van der Waals surface area contributed by atoms with Gasteiger partial charge in [-0.3, -0.25) is 10.1 Å². The lowest BCUT2D eigenvalue weighted by Gasteiger charge is -2.09. The number of nitrogens with two attached hydrogens (primary N) is 1. The van der Waals surface area contributed by atoms with Gasteiger partial charge in [-0.1, -0.05) is 6.07 Å². The number of rotatable bonds is 3. The molecular formula is C12H11N3O4S2. The highest BCUT2D eigenvalue weighted by Gasteiger charge is 2.12. The quantitative estimate of drug-likeness (QED) is 0.727. The molecule has 9 heteroatoms. The first kappa shape index (κ1) is 15.2. The van der Waals surface area contributed by atoms with Gasteiger partial charge in [0.2, 0.25) is 10.0 Å². The van der Waals surface area contributed by atoms with Gasteiger partial charge in [0.1, 0.15) is 0 Å². The molecule has 0 aliphatic carbocycles. The van der Waals surface area contributed by atoms with Crippen molar-refractivity contribution in [1.29, 1.82) is 0 Å². The molecule has 0 spiro atoms. The van der Waals surface area contributed by atoms with Crippen molar-refractivity contribution in [3.63, 3.8) is 0 Å². The van der Waals surface area contributed by atoms with Crippen molar-refractivity contribution in [3.8, 4) is 0 Å². The molecule has 1 aromatic heterocycles. The van der Waals surface area contributed by atoms with E-state index in [-0.39, 0.29) is 15.8 Å². The van der Waals surface area contributed by atoms with Gasteiger partial charge in [0.25, 0.3) is 5.91 Å². The normalized spacial score (nSPS) is 10.9. The van der Waals surface area contributed by atoms with E-state index in [4.69, 9.17) is 21.8 Å². The van der Waals surface area contributed by atoms with Crippen molar-refractivity contribution in [2.45, 2.75) is 4.90 Å². The highest BCUT2D eigenvalue weighted by atomic mass is 32.2. The van der Waals surface area contributed by atoms with Crippen LogP contribution in [0.25, 0.3) is 0 Å². The van der Waals surface area contributed by atoms with Crippen molar-refractivity contribution in [2.24, 2.45) is 5.14 Å². The molecule has 21 heavy (non-hydrogen) atoms. The van der Waals surface area contributed by atoms with Crippen molar-refractivity contribution in [2.75, 3.05) is 5.32 Å². The van der Waals surface area contributed by atoms with E-state index >= 15 is 0 Å². The van der Waals surface area contributed by atoms with Crippen LogP contribution in [0.4, 0.5) is 5.69 Å². The summed E-state index contributed by atoms with van der Waals surface area (Å²) in [7, 11) is -3.81.